The van der Waals surface area contributed by atoms with Gasteiger partial charge in [0.25, 0.3) is 11.8 Å². The first-order chi connectivity index (χ1) is 14.6. The summed E-state index contributed by atoms with van der Waals surface area (Å²) in [6, 6.07) is 23.5. The average Bonchev–Trinajstić information content (AvgIpc) is 2.79. The summed E-state index contributed by atoms with van der Waals surface area (Å²) < 4.78 is 10.8. The molecule has 0 fully saturated rings. The Balaban J connectivity index is 1.62. The molecule has 1 unspecified atom stereocenters. The lowest BCUT2D eigenvalue weighted by Gasteiger charge is -2.16. The number of methoxy groups -OCH3 is 1. The molecule has 3 aromatic carbocycles. The van der Waals surface area contributed by atoms with E-state index in [-0.39, 0.29) is 11.8 Å². The highest BCUT2D eigenvalue weighted by molar-refractivity contribution is 6.04. The number of hydrogen-bond acceptors (Lipinski definition) is 4. The van der Waals surface area contributed by atoms with E-state index in [1.165, 1.54) is 0 Å². The molecule has 6 heteroatoms. The first-order valence-electron chi connectivity index (χ1n) is 9.59. The number of hydrogen-bond donors (Lipinski definition) is 2. The first kappa shape index (κ1) is 20.9. The zero-order valence-electron chi connectivity index (χ0n) is 16.9. The predicted octanol–water partition coefficient (Wildman–Crippen LogP) is 4.03. The van der Waals surface area contributed by atoms with E-state index in [1.807, 2.05) is 30.3 Å². The van der Waals surface area contributed by atoms with Gasteiger partial charge >= 0.3 is 0 Å². The molecule has 0 aliphatic rings. The van der Waals surface area contributed by atoms with Crippen LogP contribution in [-0.2, 0) is 11.3 Å². The van der Waals surface area contributed by atoms with Crippen molar-refractivity contribution < 1.29 is 19.1 Å². The number of benzene rings is 3. The van der Waals surface area contributed by atoms with Crippen molar-refractivity contribution in [1.29, 1.82) is 0 Å². The van der Waals surface area contributed by atoms with Gasteiger partial charge in [-0.2, -0.15) is 0 Å². The van der Waals surface area contributed by atoms with Crippen LogP contribution in [0.15, 0.2) is 78.9 Å². The zero-order valence-corrected chi connectivity index (χ0v) is 16.9. The lowest BCUT2D eigenvalue weighted by atomic mass is 10.1. The van der Waals surface area contributed by atoms with Crippen molar-refractivity contribution in [3.8, 4) is 11.5 Å². The normalized spacial score (nSPS) is 11.3. The Hall–Kier alpha value is -3.80. The fraction of sp³-hybridized carbons (Fsp3) is 0.167. The van der Waals surface area contributed by atoms with Crippen molar-refractivity contribution in [2.24, 2.45) is 0 Å². The molecule has 2 N–H and O–H groups in total. The highest BCUT2D eigenvalue weighted by Gasteiger charge is 2.18. The minimum Gasteiger partial charge on any atom is -0.497 e. The van der Waals surface area contributed by atoms with Gasteiger partial charge in [0.1, 0.15) is 11.5 Å². The topological polar surface area (TPSA) is 76.7 Å². The Labute approximate surface area is 175 Å². The Kier molecular flexibility index (Phi) is 7.05. The van der Waals surface area contributed by atoms with Crippen LogP contribution in [0.1, 0.15) is 22.8 Å². The van der Waals surface area contributed by atoms with Crippen LogP contribution in [0.3, 0.4) is 0 Å². The van der Waals surface area contributed by atoms with Gasteiger partial charge in [0, 0.05) is 6.54 Å². The van der Waals surface area contributed by atoms with Gasteiger partial charge in [-0.15, -0.1) is 0 Å². The summed E-state index contributed by atoms with van der Waals surface area (Å²) in [5.74, 6) is 0.634. The monoisotopic (exact) mass is 404 g/mol. The van der Waals surface area contributed by atoms with E-state index in [9.17, 15) is 9.59 Å². The molecular weight excluding hydrogens is 380 g/mol. The molecule has 0 aliphatic carbocycles. The zero-order chi connectivity index (χ0) is 21.3. The molecule has 3 aromatic rings. The van der Waals surface area contributed by atoms with Crippen molar-refractivity contribution in [2.45, 2.75) is 19.6 Å². The molecule has 0 radical (unpaired) electrons. The second-order valence-electron chi connectivity index (χ2n) is 6.64. The molecule has 2 amide bonds. The second kappa shape index (κ2) is 10.1. The lowest BCUT2D eigenvalue weighted by molar-refractivity contribution is -0.122. The first-order valence-corrected chi connectivity index (χ1v) is 9.59. The minimum atomic E-state index is -0.751. The summed E-state index contributed by atoms with van der Waals surface area (Å²) in [6.45, 7) is 2.05. The Morgan fingerprint density at radius 2 is 1.50 bits per heavy atom. The number of carbonyl (C=O) groups is 2. The predicted molar refractivity (Wildman–Crippen MR) is 116 cm³/mol. The molecule has 0 bridgehead atoms. The van der Waals surface area contributed by atoms with E-state index >= 15 is 0 Å². The smallest absolute Gasteiger partial charge is 0.265 e. The molecular formula is C24H24N2O4. The van der Waals surface area contributed by atoms with Crippen LogP contribution in [0.5, 0.6) is 11.5 Å². The van der Waals surface area contributed by atoms with Crippen LogP contribution in [0.4, 0.5) is 5.69 Å². The summed E-state index contributed by atoms with van der Waals surface area (Å²) in [4.78, 5) is 25.2. The maximum atomic E-state index is 12.6. The highest BCUT2D eigenvalue weighted by Crippen LogP contribution is 2.20. The van der Waals surface area contributed by atoms with Crippen molar-refractivity contribution >= 4 is 17.5 Å². The molecule has 6 nitrogen and oxygen atoms in total. The number of ether oxygens (including phenoxy) is 2. The van der Waals surface area contributed by atoms with Gasteiger partial charge in [-0.05, 0) is 48.9 Å². The molecule has 0 heterocycles. The summed E-state index contributed by atoms with van der Waals surface area (Å²) >= 11 is 0. The third-order valence-corrected chi connectivity index (χ3v) is 4.47. The van der Waals surface area contributed by atoms with Gasteiger partial charge in [-0.25, -0.2) is 0 Å². The van der Waals surface area contributed by atoms with E-state index in [1.54, 1.807) is 62.6 Å². The van der Waals surface area contributed by atoms with Crippen LogP contribution in [-0.4, -0.2) is 25.0 Å². The molecule has 154 valence electrons. The van der Waals surface area contributed by atoms with Crippen molar-refractivity contribution in [3.05, 3.63) is 90.0 Å². The van der Waals surface area contributed by atoms with Crippen molar-refractivity contribution in [3.63, 3.8) is 0 Å². The van der Waals surface area contributed by atoms with Crippen LogP contribution in [0.2, 0.25) is 0 Å². The Bertz CT molecular complexity index is 988. The van der Waals surface area contributed by atoms with Crippen molar-refractivity contribution in [1.82, 2.24) is 5.32 Å². The van der Waals surface area contributed by atoms with E-state index in [0.717, 1.165) is 5.56 Å². The molecule has 0 spiro atoms. The number of nitrogens with one attached hydrogen (secondary N) is 2. The number of carbonyl (C=O) groups excluding carboxylic acids is 2. The van der Waals surface area contributed by atoms with E-state index in [4.69, 9.17) is 9.47 Å². The molecule has 1 atom stereocenters. The van der Waals surface area contributed by atoms with Crippen molar-refractivity contribution in [2.75, 3.05) is 12.4 Å². The highest BCUT2D eigenvalue weighted by atomic mass is 16.5. The van der Waals surface area contributed by atoms with Gasteiger partial charge in [-0.1, -0.05) is 42.5 Å². The third-order valence-electron chi connectivity index (χ3n) is 4.47. The van der Waals surface area contributed by atoms with Gasteiger partial charge < -0.3 is 20.1 Å². The van der Waals surface area contributed by atoms with E-state index in [0.29, 0.717) is 29.3 Å². The number of anilines is 1. The summed E-state index contributed by atoms with van der Waals surface area (Å²) in [5.41, 5.74) is 1.81. The molecule has 0 aromatic heterocycles. The van der Waals surface area contributed by atoms with Gasteiger partial charge in [0.05, 0.1) is 18.4 Å². The summed E-state index contributed by atoms with van der Waals surface area (Å²) in [6.07, 6.45) is -0.751. The largest absolute Gasteiger partial charge is 0.497 e. The Morgan fingerprint density at radius 1 is 0.867 bits per heavy atom. The second-order valence-corrected chi connectivity index (χ2v) is 6.64. The molecule has 0 saturated heterocycles. The van der Waals surface area contributed by atoms with Gasteiger partial charge in [0.2, 0.25) is 0 Å². The summed E-state index contributed by atoms with van der Waals surface area (Å²) in [5, 5.41) is 5.66. The van der Waals surface area contributed by atoms with E-state index in [2.05, 4.69) is 10.6 Å². The van der Waals surface area contributed by atoms with Crippen LogP contribution < -0.4 is 20.1 Å². The molecule has 30 heavy (non-hydrogen) atoms. The number of para-hydroxylation sites is 1. The lowest BCUT2D eigenvalue weighted by Crippen LogP contribution is -2.31. The number of amides is 2. The van der Waals surface area contributed by atoms with Crippen LogP contribution in [0.25, 0.3) is 0 Å². The van der Waals surface area contributed by atoms with Crippen LogP contribution in [0, 0.1) is 0 Å². The van der Waals surface area contributed by atoms with Crippen LogP contribution >= 0.6 is 0 Å². The maximum absolute atomic E-state index is 12.6. The van der Waals surface area contributed by atoms with Gasteiger partial charge in [0.15, 0.2) is 6.10 Å². The van der Waals surface area contributed by atoms with E-state index < -0.39 is 6.10 Å². The van der Waals surface area contributed by atoms with Gasteiger partial charge in [-0.3, -0.25) is 9.59 Å². The molecule has 3 rings (SSSR count). The number of rotatable bonds is 8. The summed E-state index contributed by atoms with van der Waals surface area (Å²) in [7, 11) is 1.58. The average molecular weight is 404 g/mol. The SMILES string of the molecule is COc1ccc(OC(C)C(=O)Nc2ccccc2C(=O)NCc2ccccc2)cc1. The fourth-order valence-corrected chi connectivity index (χ4v) is 2.81. The maximum Gasteiger partial charge on any atom is 0.265 e. The minimum absolute atomic E-state index is 0.265. The quantitative estimate of drug-likeness (QED) is 0.594. The fourth-order valence-electron chi connectivity index (χ4n) is 2.81. The third kappa shape index (κ3) is 5.61. The standard InChI is InChI=1S/C24H24N2O4/c1-17(30-20-14-12-19(29-2)13-15-20)23(27)26-22-11-7-6-10-21(22)24(28)25-16-18-8-4-3-5-9-18/h3-15,17H,16H2,1-2H3,(H,25,28)(H,26,27). The molecule has 0 aliphatic heterocycles. The molecule has 0 saturated carbocycles. The Morgan fingerprint density at radius 3 is 2.20 bits per heavy atom.